The van der Waals surface area contributed by atoms with E-state index in [1.54, 1.807) is 19.1 Å². The molecule has 14 heteroatoms. The maximum atomic E-state index is 15.2. The van der Waals surface area contributed by atoms with Gasteiger partial charge in [0.05, 0.1) is 40.4 Å². The van der Waals surface area contributed by atoms with Gasteiger partial charge in [-0.2, -0.15) is 0 Å². The number of nitrogens with zero attached hydrogens (tertiary/aromatic N) is 2. The van der Waals surface area contributed by atoms with Crippen molar-refractivity contribution in [3.05, 3.63) is 51.1 Å². The van der Waals surface area contributed by atoms with Crippen LogP contribution in [0.15, 0.2) is 23.0 Å². The molecule has 2 aromatic heterocycles. The average molecular weight is 548 g/mol. The predicted octanol–water partition coefficient (Wildman–Crippen LogP) is 2.52. The highest BCUT2D eigenvalue weighted by atomic mass is 31.2. The topological polar surface area (TPSA) is 172 Å². The van der Waals surface area contributed by atoms with E-state index in [1.165, 1.54) is 10.6 Å². The highest BCUT2D eigenvalue weighted by Gasteiger charge is 2.45. The van der Waals surface area contributed by atoms with Gasteiger partial charge in [0.25, 0.3) is 5.56 Å². The second-order valence-corrected chi connectivity index (χ2v) is 10.8. The van der Waals surface area contributed by atoms with Crippen molar-refractivity contribution in [2.45, 2.75) is 52.0 Å². The molecule has 0 saturated heterocycles. The number of hydrogen-bond donors (Lipinski definition) is 5. The number of fused-ring (bicyclic) bond motifs is 5. The number of halogens is 1. The molecule has 1 atom stereocenters. The number of rotatable bonds is 7. The Bertz CT molecular complexity index is 1600. The number of esters is 1. The Morgan fingerprint density at radius 3 is 2.66 bits per heavy atom. The number of anilines is 2. The highest BCUT2D eigenvalue weighted by Crippen LogP contribution is 2.42. The lowest BCUT2D eigenvalue weighted by molar-refractivity contribution is -0.172. The SMILES string of the molecule is CC[C@@]1(O)C(=O)OCc2c1cc1n(c2=O)Cc2cc3c(NC(C)C)c(NCOP(=O)(O)O)c(F)cc3nc2-1. The van der Waals surface area contributed by atoms with Gasteiger partial charge in [0.1, 0.15) is 13.3 Å². The third kappa shape index (κ3) is 4.26. The molecule has 5 rings (SSSR count). The summed E-state index contributed by atoms with van der Waals surface area (Å²) in [6.07, 6.45) is 0.0106. The van der Waals surface area contributed by atoms with Crippen LogP contribution in [-0.4, -0.2) is 43.2 Å². The van der Waals surface area contributed by atoms with Gasteiger partial charge in [-0.3, -0.25) is 9.32 Å². The van der Waals surface area contributed by atoms with Crippen LogP contribution in [0.2, 0.25) is 0 Å². The molecule has 0 radical (unpaired) electrons. The molecule has 2 aliphatic rings. The molecule has 0 amide bonds. The number of benzene rings is 1. The molecule has 5 N–H and O–H groups in total. The molecule has 0 unspecified atom stereocenters. The van der Waals surface area contributed by atoms with Crippen LogP contribution in [0.1, 0.15) is 43.9 Å². The fourth-order valence-corrected chi connectivity index (χ4v) is 5.12. The molecule has 0 aliphatic carbocycles. The van der Waals surface area contributed by atoms with E-state index in [1.807, 2.05) is 13.8 Å². The van der Waals surface area contributed by atoms with Gasteiger partial charge in [0, 0.05) is 28.6 Å². The summed E-state index contributed by atoms with van der Waals surface area (Å²) in [7, 11) is -4.78. The van der Waals surface area contributed by atoms with Crippen LogP contribution in [0, 0.1) is 5.82 Å². The van der Waals surface area contributed by atoms with Crippen molar-refractivity contribution in [2.75, 3.05) is 17.4 Å². The molecule has 0 saturated carbocycles. The minimum absolute atomic E-state index is 0.0106. The van der Waals surface area contributed by atoms with E-state index < -0.39 is 37.5 Å². The van der Waals surface area contributed by atoms with E-state index in [2.05, 4.69) is 20.1 Å². The normalized spacial score (nSPS) is 18.3. The Hall–Kier alpha value is -3.35. The zero-order valence-corrected chi connectivity index (χ0v) is 21.6. The maximum Gasteiger partial charge on any atom is 0.471 e. The van der Waals surface area contributed by atoms with Crippen LogP contribution in [0.25, 0.3) is 22.3 Å². The number of phosphoric ester groups is 1. The van der Waals surface area contributed by atoms with Crippen molar-refractivity contribution in [2.24, 2.45) is 0 Å². The van der Waals surface area contributed by atoms with Crippen molar-refractivity contribution in [3.8, 4) is 11.4 Å². The first kappa shape index (κ1) is 26.3. The fraction of sp³-hybridized carbons (Fsp3) is 0.375. The first-order valence-corrected chi connectivity index (χ1v) is 13.4. The summed E-state index contributed by atoms with van der Waals surface area (Å²) in [4.78, 5) is 48.3. The van der Waals surface area contributed by atoms with Gasteiger partial charge in [-0.15, -0.1) is 0 Å². The molecule has 0 fully saturated rings. The smallest absolute Gasteiger partial charge is 0.458 e. The summed E-state index contributed by atoms with van der Waals surface area (Å²) >= 11 is 0. The van der Waals surface area contributed by atoms with Crippen LogP contribution in [0.4, 0.5) is 15.8 Å². The van der Waals surface area contributed by atoms with Gasteiger partial charge >= 0.3 is 13.8 Å². The van der Waals surface area contributed by atoms with E-state index in [4.69, 9.17) is 14.5 Å². The number of pyridine rings is 2. The van der Waals surface area contributed by atoms with E-state index in [-0.39, 0.29) is 47.9 Å². The molecule has 38 heavy (non-hydrogen) atoms. The summed E-state index contributed by atoms with van der Waals surface area (Å²) in [6, 6.07) is 4.35. The standard InChI is InChI=1S/C24H26FN4O8P/c1-4-24(32)15-6-18-19-12(8-29(18)22(30)14(15)9-36-23(24)31)5-13-17(28-19)7-16(25)21(20(13)27-11(2)3)26-10-37-38(33,34)35/h5-7,11,26-27,32H,4,8-10H2,1-3H3,(H2,33,34,35)/t24-/m0/s1. The third-order valence-electron chi connectivity index (χ3n) is 6.68. The van der Waals surface area contributed by atoms with Crippen LogP contribution >= 0.6 is 7.82 Å². The Morgan fingerprint density at radius 2 is 2.00 bits per heavy atom. The third-order valence-corrected chi connectivity index (χ3v) is 7.15. The highest BCUT2D eigenvalue weighted by molar-refractivity contribution is 7.46. The maximum absolute atomic E-state index is 15.2. The van der Waals surface area contributed by atoms with Gasteiger partial charge in [-0.1, -0.05) is 6.92 Å². The summed E-state index contributed by atoms with van der Waals surface area (Å²) in [6.45, 7) is 4.55. The van der Waals surface area contributed by atoms with Crippen LogP contribution in [0.3, 0.4) is 0 Å². The minimum atomic E-state index is -4.78. The molecule has 2 aliphatic heterocycles. The number of ether oxygens (including phenoxy) is 1. The zero-order valence-electron chi connectivity index (χ0n) is 20.7. The number of aliphatic hydroxyl groups is 1. The minimum Gasteiger partial charge on any atom is -0.458 e. The van der Waals surface area contributed by atoms with Gasteiger partial charge in [0.2, 0.25) is 0 Å². The molecule has 4 heterocycles. The van der Waals surface area contributed by atoms with E-state index in [0.29, 0.717) is 28.0 Å². The molecular formula is C24H26FN4O8P. The lowest BCUT2D eigenvalue weighted by atomic mass is 9.86. The van der Waals surface area contributed by atoms with Crippen LogP contribution in [-0.2, 0) is 37.4 Å². The first-order chi connectivity index (χ1) is 17.8. The number of nitrogens with one attached hydrogen (secondary N) is 2. The number of cyclic esters (lactones) is 1. The average Bonchev–Trinajstić information content (AvgIpc) is 3.19. The lowest BCUT2D eigenvalue weighted by Crippen LogP contribution is -2.44. The molecular weight excluding hydrogens is 522 g/mol. The predicted molar refractivity (Wildman–Crippen MR) is 135 cm³/mol. The second kappa shape index (κ2) is 9.14. The van der Waals surface area contributed by atoms with Crippen molar-refractivity contribution in [1.29, 1.82) is 0 Å². The van der Waals surface area contributed by atoms with Crippen molar-refractivity contribution >= 4 is 36.1 Å². The molecule has 202 valence electrons. The van der Waals surface area contributed by atoms with Crippen molar-refractivity contribution < 1.29 is 37.9 Å². The van der Waals surface area contributed by atoms with Crippen LogP contribution < -0.4 is 16.2 Å². The quantitative estimate of drug-likeness (QED) is 0.131. The summed E-state index contributed by atoms with van der Waals surface area (Å²) in [5.74, 6) is -1.57. The number of carbonyl (C=O) groups is 1. The fourth-order valence-electron chi connectivity index (χ4n) is 4.89. The zero-order chi connectivity index (χ0) is 27.6. The Labute approximate surface area is 215 Å². The summed E-state index contributed by atoms with van der Waals surface area (Å²) in [5.41, 5.74) is -0.0384. The van der Waals surface area contributed by atoms with E-state index in [9.17, 15) is 19.3 Å². The Kier molecular flexibility index (Phi) is 6.32. The number of aromatic nitrogens is 2. The largest absolute Gasteiger partial charge is 0.471 e. The van der Waals surface area contributed by atoms with Crippen molar-refractivity contribution in [1.82, 2.24) is 9.55 Å². The Morgan fingerprint density at radius 1 is 1.26 bits per heavy atom. The van der Waals surface area contributed by atoms with Gasteiger partial charge in [0.15, 0.2) is 11.4 Å². The Balaban J connectivity index is 1.67. The van der Waals surface area contributed by atoms with Crippen LogP contribution in [0.5, 0.6) is 0 Å². The molecule has 3 aromatic rings. The van der Waals surface area contributed by atoms with E-state index >= 15 is 4.39 Å². The summed E-state index contributed by atoms with van der Waals surface area (Å²) < 4.78 is 37.3. The van der Waals surface area contributed by atoms with Crippen molar-refractivity contribution in [3.63, 3.8) is 0 Å². The number of hydrogen-bond acceptors (Lipinski definition) is 9. The van der Waals surface area contributed by atoms with Gasteiger partial charge in [-0.25, -0.2) is 18.7 Å². The monoisotopic (exact) mass is 548 g/mol. The van der Waals surface area contributed by atoms with Gasteiger partial charge < -0.3 is 34.8 Å². The molecule has 0 spiro atoms. The lowest BCUT2D eigenvalue weighted by Gasteiger charge is -2.31. The molecule has 1 aromatic carbocycles. The first-order valence-electron chi connectivity index (χ1n) is 11.9. The number of carbonyl (C=O) groups excluding carboxylic acids is 1. The molecule has 0 bridgehead atoms. The second-order valence-electron chi connectivity index (χ2n) is 9.51. The number of phosphoric acid groups is 1. The summed E-state index contributed by atoms with van der Waals surface area (Å²) in [5, 5.41) is 17.3. The van der Waals surface area contributed by atoms with Gasteiger partial charge in [-0.05, 0) is 32.4 Å². The molecule has 12 nitrogen and oxygen atoms in total. The van der Waals surface area contributed by atoms with E-state index in [0.717, 1.165) is 0 Å².